The molecule has 1 saturated carbocycles. The quantitative estimate of drug-likeness (QED) is 0.306. The first kappa shape index (κ1) is 19.8. The number of aromatic nitrogens is 2. The summed E-state index contributed by atoms with van der Waals surface area (Å²) in [5.74, 6) is 1.69. The fraction of sp³-hybridized carbons (Fsp3) is 0.474. The molecule has 0 spiro atoms. The van der Waals surface area contributed by atoms with E-state index in [0.717, 1.165) is 42.6 Å². The van der Waals surface area contributed by atoms with E-state index in [4.69, 9.17) is 0 Å². The Bertz CT molecular complexity index is 695. The fourth-order valence-electron chi connectivity index (χ4n) is 2.83. The number of para-hydroxylation sites is 1. The molecule has 2 atom stereocenters. The molecule has 1 fully saturated rings. The van der Waals surface area contributed by atoms with Crippen LogP contribution in [0.15, 0.2) is 41.5 Å². The van der Waals surface area contributed by atoms with E-state index in [9.17, 15) is 0 Å². The van der Waals surface area contributed by atoms with E-state index in [1.54, 1.807) is 0 Å². The first-order valence-electron chi connectivity index (χ1n) is 8.75. The Kier molecular flexibility index (Phi) is 7.28. The summed E-state index contributed by atoms with van der Waals surface area (Å²) in [6.45, 7) is 5.26. The molecule has 0 amide bonds. The maximum atomic E-state index is 4.63. The van der Waals surface area contributed by atoms with Gasteiger partial charge in [-0.2, -0.15) is 5.10 Å². The lowest BCUT2D eigenvalue weighted by Gasteiger charge is -2.11. The van der Waals surface area contributed by atoms with Crippen molar-refractivity contribution in [1.29, 1.82) is 0 Å². The molecule has 0 saturated heterocycles. The number of benzene rings is 1. The van der Waals surface area contributed by atoms with E-state index >= 15 is 0 Å². The van der Waals surface area contributed by atoms with Gasteiger partial charge in [0.2, 0.25) is 0 Å². The molecule has 2 aromatic rings. The molecule has 5 nitrogen and oxygen atoms in total. The van der Waals surface area contributed by atoms with Crippen molar-refractivity contribution in [2.24, 2.45) is 10.9 Å². The van der Waals surface area contributed by atoms with E-state index in [1.807, 2.05) is 29.9 Å². The molecule has 1 aliphatic rings. The van der Waals surface area contributed by atoms with Gasteiger partial charge in [0.15, 0.2) is 5.96 Å². The predicted octanol–water partition coefficient (Wildman–Crippen LogP) is 3.30. The van der Waals surface area contributed by atoms with Crippen molar-refractivity contribution in [2.75, 3.05) is 13.6 Å². The highest BCUT2D eigenvalue weighted by atomic mass is 127. The summed E-state index contributed by atoms with van der Waals surface area (Å²) in [6.07, 6.45) is 5.47. The second-order valence-corrected chi connectivity index (χ2v) is 6.59. The molecule has 6 heteroatoms. The van der Waals surface area contributed by atoms with E-state index in [1.165, 1.54) is 12.0 Å². The largest absolute Gasteiger partial charge is 0.356 e. The molecule has 1 aliphatic carbocycles. The minimum absolute atomic E-state index is 0. The van der Waals surface area contributed by atoms with Gasteiger partial charge < -0.3 is 10.6 Å². The van der Waals surface area contributed by atoms with Crippen molar-refractivity contribution >= 4 is 29.9 Å². The molecule has 1 aromatic heterocycles. The van der Waals surface area contributed by atoms with E-state index in [2.05, 4.69) is 52.9 Å². The van der Waals surface area contributed by atoms with Crippen LogP contribution in [0.1, 0.15) is 31.0 Å². The van der Waals surface area contributed by atoms with Gasteiger partial charge in [0.05, 0.1) is 11.4 Å². The fourth-order valence-corrected chi connectivity index (χ4v) is 2.83. The number of aliphatic imine (C=N–C) groups is 1. The predicted molar refractivity (Wildman–Crippen MR) is 114 cm³/mol. The van der Waals surface area contributed by atoms with Crippen LogP contribution in [-0.2, 0) is 6.42 Å². The van der Waals surface area contributed by atoms with Crippen molar-refractivity contribution in [3.8, 4) is 5.69 Å². The number of nitrogens with zero attached hydrogens (tertiary/aromatic N) is 3. The van der Waals surface area contributed by atoms with Gasteiger partial charge in [0.1, 0.15) is 0 Å². The summed E-state index contributed by atoms with van der Waals surface area (Å²) in [7, 11) is 1.83. The first-order valence-corrected chi connectivity index (χ1v) is 8.75. The molecule has 2 unspecified atom stereocenters. The number of hydrogen-bond donors (Lipinski definition) is 2. The number of guanidine groups is 1. The second-order valence-electron chi connectivity index (χ2n) is 6.59. The average molecular weight is 453 g/mol. The van der Waals surface area contributed by atoms with Crippen molar-refractivity contribution in [1.82, 2.24) is 20.4 Å². The van der Waals surface area contributed by atoms with Crippen LogP contribution in [0.5, 0.6) is 0 Å². The van der Waals surface area contributed by atoms with Gasteiger partial charge in [0, 0.05) is 25.8 Å². The Labute approximate surface area is 167 Å². The Morgan fingerprint density at radius 3 is 2.68 bits per heavy atom. The van der Waals surface area contributed by atoms with Crippen LogP contribution >= 0.6 is 24.0 Å². The van der Waals surface area contributed by atoms with Gasteiger partial charge in [-0.3, -0.25) is 4.99 Å². The maximum Gasteiger partial charge on any atom is 0.191 e. The Morgan fingerprint density at radius 1 is 1.32 bits per heavy atom. The van der Waals surface area contributed by atoms with Gasteiger partial charge in [-0.15, -0.1) is 24.0 Å². The Balaban J connectivity index is 0.00000225. The summed E-state index contributed by atoms with van der Waals surface area (Å²) >= 11 is 0. The molecule has 0 bridgehead atoms. The van der Waals surface area contributed by atoms with E-state index in [-0.39, 0.29) is 24.0 Å². The Hall–Kier alpha value is -1.57. The Morgan fingerprint density at radius 2 is 2.04 bits per heavy atom. The molecule has 2 N–H and O–H groups in total. The van der Waals surface area contributed by atoms with Crippen LogP contribution in [0.4, 0.5) is 0 Å². The number of nitrogens with one attached hydrogen (secondary N) is 2. The lowest BCUT2D eigenvalue weighted by Crippen LogP contribution is -2.39. The van der Waals surface area contributed by atoms with Gasteiger partial charge in [-0.1, -0.05) is 25.1 Å². The highest BCUT2D eigenvalue weighted by Crippen LogP contribution is 2.28. The third-order valence-electron chi connectivity index (χ3n) is 4.59. The van der Waals surface area contributed by atoms with Crippen molar-refractivity contribution in [3.63, 3.8) is 0 Å². The summed E-state index contributed by atoms with van der Waals surface area (Å²) in [6, 6.07) is 10.8. The molecule has 136 valence electrons. The molecule has 0 aliphatic heterocycles. The molecule has 1 aromatic carbocycles. The first-order chi connectivity index (χ1) is 11.7. The smallest absolute Gasteiger partial charge is 0.191 e. The van der Waals surface area contributed by atoms with Crippen LogP contribution in [-0.4, -0.2) is 35.4 Å². The summed E-state index contributed by atoms with van der Waals surface area (Å²) in [4.78, 5) is 4.29. The lowest BCUT2D eigenvalue weighted by molar-refractivity contribution is 0.725. The van der Waals surface area contributed by atoms with Gasteiger partial charge in [-0.05, 0) is 49.8 Å². The van der Waals surface area contributed by atoms with Crippen LogP contribution in [0.2, 0.25) is 0 Å². The third-order valence-corrected chi connectivity index (χ3v) is 4.59. The highest BCUT2D eigenvalue weighted by molar-refractivity contribution is 14.0. The molecule has 3 rings (SSSR count). The van der Waals surface area contributed by atoms with Gasteiger partial charge >= 0.3 is 0 Å². The monoisotopic (exact) mass is 453 g/mol. The number of rotatable bonds is 6. The highest BCUT2D eigenvalue weighted by Gasteiger charge is 2.33. The average Bonchev–Trinajstić information content (AvgIpc) is 3.17. The summed E-state index contributed by atoms with van der Waals surface area (Å²) in [5.41, 5.74) is 3.51. The number of hydrogen-bond acceptors (Lipinski definition) is 2. The molecule has 0 radical (unpaired) electrons. The maximum absolute atomic E-state index is 4.63. The zero-order chi connectivity index (χ0) is 16.9. The molecular weight excluding hydrogens is 425 g/mol. The minimum atomic E-state index is 0. The van der Waals surface area contributed by atoms with Crippen LogP contribution < -0.4 is 10.6 Å². The molecular formula is C19H28IN5. The zero-order valence-electron chi connectivity index (χ0n) is 15.2. The summed E-state index contributed by atoms with van der Waals surface area (Å²) in [5, 5.41) is 11.5. The molecule has 25 heavy (non-hydrogen) atoms. The minimum Gasteiger partial charge on any atom is -0.356 e. The molecule has 1 heterocycles. The summed E-state index contributed by atoms with van der Waals surface area (Å²) < 4.78 is 1.97. The van der Waals surface area contributed by atoms with Crippen molar-refractivity contribution in [3.05, 3.63) is 47.8 Å². The standard InChI is InChI=1S/C19H27N5.HI/c1-14-12-18(14)22-19(20-3)21-11-7-8-16-13-24(23-15(16)2)17-9-5-4-6-10-17;/h4-6,9-10,13-14,18H,7-8,11-12H2,1-3H3,(H2,20,21,22);1H. The lowest BCUT2D eigenvalue weighted by atomic mass is 10.1. The normalized spacial score (nSPS) is 19.2. The van der Waals surface area contributed by atoms with Gasteiger partial charge in [-0.25, -0.2) is 4.68 Å². The zero-order valence-corrected chi connectivity index (χ0v) is 17.5. The SMILES string of the molecule is CN=C(NCCCc1cn(-c2ccccc2)nc1C)NC1CC1C.I. The van der Waals surface area contributed by atoms with Gasteiger partial charge in [0.25, 0.3) is 0 Å². The van der Waals surface area contributed by atoms with Crippen LogP contribution in [0.3, 0.4) is 0 Å². The van der Waals surface area contributed by atoms with Crippen LogP contribution in [0.25, 0.3) is 5.69 Å². The van der Waals surface area contributed by atoms with E-state index < -0.39 is 0 Å². The second kappa shape index (κ2) is 9.22. The number of halogens is 1. The van der Waals surface area contributed by atoms with Crippen LogP contribution in [0, 0.1) is 12.8 Å². The van der Waals surface area contributed by atoms with E-state index in [0.29, 0.717) is 6.04 Å². The third kappa shape index (κ3) is 5.45. The number of aryl methyl sites for hydroxylation is 2. The topological polar surface area (TPSA) is 54.2 Å². The van der Waals surface area contributed by atoms with Crippen molar-refractivity contribution < 1.29 is 0 Å². The van der Waals surface area contributed by atoms with Crippen molar-refractivity contribution in [2.45, 2.75) is 39.2 Å².